The van der Waals surface area contributed by atoms with E-state index in [1.807, 2.05) is 30.0 Å². The molecule has 1 aliphatic heterocycles. The maximum absolute atomic E-state index is 6.11. The highest BCUT2D eigenvalue weighted by atomic mass is 35.5. The molecule has 0 amide bonds. The van der Waals surface area contributed by atoms with Gasteiger partial charge in [-0.2, -0.15) is 11.8 Å². The van der Waals surface area contributed by atoms with Crippen LogP contribution in [0, 0.1) is 0 Å². The zero-order valence-corrected chi connectivity index (χ0v) is 8.87. The zero-order valence-electron chi connectivity index (χ0n) is 7.29. The zero-order chi connectivity index (χ0) is 9.10. The third-order valence-corrected chi connectivity index (χ3v) is 3.61. The van der Waals surface area contributed by atoms with Crippen LogP contribution in [0.2, 0.25) is 5.02 Å². The summed E-state index contributed by atoms with van der Waals surface area (Å²) in [5.74, 6) is 2.34. The predicted molar refractivity (Wildman–Crippen MR) is 59.5 cm³/mol. The van der Waals surface area contributed by atoms with Crippen LogP contribution >= 0.6 is 23.4 Å². The van der Waals surface area contributed by atoms with Gasteiger partial charge in [0.2, 0.25) is 0 Å². The predicted octanol–water partition coefficient (Wildman–Crippen LogP) is 2.72. The standard InChI is InChI=1S/C10H12ClNS/c11-9-4-2-1-3-8(9)10-7-13-6-5-12-10/h1-4,10,12H,5-7H2. The van der Waals surface area contributed by atoms with Crippen molar-refractivity contribution in [3.05, 3.63) is 34.9 Å². The highest BCUT2D eigenvalue weighted by Crippen LogP contribution is 2.27. The molecule has 1 aromatic carbocycles. The van der Waals surface area contributed by atoms with Gasteiger partial charge in [-0.3, -0.25) is 0 Å². The van der Waals surface area contributed by atoms with Gasteiger partial charge >= 0.3 is 0 Å². The molecule has 13 heavy (non-hydrogen) atoms. The fraction of sp³-hybridized carbons (Fsp3) is 0.400. The third kappa shape index (κ3) is 2.19. The Kier molecular flexibility index (Phi) is 3.14. The number of hydrogen-bond donors (Lipinski definition) is 1. The van der Waals surface area contributed by atoms with Gasteiger partial charge in [-0.25, -0.2) is 0 Å². The van der Waals surface area contributed by atoms with E-state index in [4.69, 9.17) is 11.6 Å². The van der Waals surface area contributed by atoms with Crippen LogP contribution in [0.25, 0.3) is 0 Å². The molecular formula is C10H12ClNS. The molecule has 70 valence electrons. The summed E-state index contributed by atoms with van der Waals surface area (Å²) in [6, 6.07) is 8.51. The molecule has 2 rings (SSSR count). The fourth-order valence-electron chi connectivity index (χ4n) is 1.52. The summed E-state index contributed by atoms with van der Waals surface area (Å²) in [5.41, 5.74) is 1.23. The van der Waals surface area contributed by atoms with Crippen LogP contribution in [-0.2, 0) is 0 Å². The molecule has 0 aromatic heterocycles. The number of thioether (sulfide) groups is 1. The SMILES string of the molecule is Clc1ccccc1C1CSCCN1. The van der Waals surface area contributed by atoms with E-state index in [2.05, 4.69) is 11.4 Å². The Morgan fingerprint density at radius 3 is 2.92 bits per heavy atom. The van der Waals surface area contributed by atoms with E-state index in [0.717, 1.165) is 17.3 Å². The van der Waals surface area contributed by atoms with Crippen molar-refractivity contribution in [3.8, 4) is 0 Å². The van der Waals surface area contributed by atoms with Crippen LogP contribution in [0.5, 0.6) is 0 Å². The van der Waals surface area contributed by atoms with Gasteiger partial charge in [0.05, 0.1) is 0 Å². The lowest BCUT2D eigenvalue weighted by molar-refractivity contribution is 0.595. The van der Waals surface area contributed by atoms with Crippen molar-refractivity contribution in [1.82, 2.24) is 5.32 Å². The summed E-state index contributed by atoms with van der Waals surface area (Å²) in [4.78, 5) is 0. The molecule has 1 atom stereocenters. The average Bonchev–Trinajstić information content (AvgIpc) is 2.20. The van der Waals surface area contributed by atoms with E-state index in [1.165, 1.54) is 11.3 Å². The first kappa shape index (κ1) is 9.38. The van der Waals surface area contributed by atoms with E-state index >= 15 is 0 Å². The highest BCUT2D eigenvalue weighted by Gasteiger charge is 2.16. The quantitative estimate of drug-likeness (QED) is 0.770. The Morgan fingerprint density at radius 2 is 2.23 bits per heavy atom. The van der Waals surface area contributed by atoms with Crippen LogP contribution in [0.1, 0.15) is 11.6 Å². The Balaban J connectivity index is 2.18. The Labute approximate surface area is 87.9 Å². The van der Waals surface area contributed by atoms with Crippen molar-refractivity contribution in [2.24, 2.45) is 0 Å². The van der Waals surface area contributed by atoms with Crippen molar-refractivity contribution in [2.45, 2.75) is 6.04 Å². The average molecular weight is 214 g/mol. The molecule has 1 heterocycles. The van der Waals surface area contributed by atoms with Crippen LogP contribution < -0.4 is 5.32 Å². The van der Waals surface area contributed by atoms with E-state index in [-0.39, 0.29) is 0 Å². The summed E-state index contributed by atoms with van der Waals surface area (Å²) >= 11 is 8.09. The van der Waals surface area contributed by atoms with Gasteiger partial charge in [-0.15, -0.1) is 0 Å². The van der Waals surface area contributed by atoms with E-state index in [1.54, 1.807) is 0 Å². The molecule has 1 aliphatic rings. The van der Waals surface area contributed by atoms with E-state index in [9.17, 15) is 0 Å². The summed E-state index contributed by atoms with van der Waals surface area (Å²) < 4.78 is 0. The lowest BCUT2D eigenvalue weighted by Crippen LogP contribution is -2.30. The third-order valence-electron chi connectivity index (χ3n) is 2.20. The van der Waals surface area contributed by atoms with Crippen LogP contribution in [-0.4, -0.2) is 18.1 Å². The van der Waals surface area contributed by atoms with Crippen molar-refractivity contribution < 1.29 is 0 Å². The van der Waals surface area contributed by atoms with Gasteiger partial charge in [0.1, 0.15) is 0 Å². The first-order chi connectivity index (χ1) is 6.38. The smallest absolute Gasteiger partial charge is 0.0454 e. The van der Waals surface area contributed by atoms with Gasteiger partial charge < -0.3 is 5.32 Å². The maximum Gasteiger partial charge on any atom is 0.0454 e. The summed E-state index contributed by atoms with van der Waals surface area (Å²) in [7, 11) is 0. The van der Waals surface area contributed by atoms with Gasteiger partial charge in [0.15, 0.2) is 0 Å². The van der Waals surface area contributed by atoms with Crippen molar-refractivity contribution >= 4 is 23.4 Å². The molecule has 0 saturated carbocycles. The molecule has 3 heteroatoms. The molecule has 0 aliphatic carbocycles. The monoisotopic (exact) mass is 213 g/mol. The topological polar surface area (TPSA) is 12.0 Å². The second-order valence-corrected chi connectivity index (χ2v) is 4.66. The lowest BCUT2D eigenvalue weighted by atomic mass is 10.1. The minimum Gasteiger partial charge on any atom is -0.308 e. The van der Waals surface area contributed by atoms with Gasteiger partial charge in [0, 0.05) is 29.1 Å². The summed E-state index contributed by atoms with van der Waals surface area (Å²) in [5, 5.41) is 4.35. The van der Waals surface area contributed by atoms with E-state index < -0.39 is 0 Å². The number of halogens is 1. The second kappa shape index (κ2) is 4.36. The molecule has 0 radical (unpaired) electrons. The number of rotatable bonds is 1. The fourth-order valence-corrected chi connectivity index (χ4v) is 2.75. The van der Waals surface area contributed by atoms with Crippen molar-refractivity contribution in [2.75, 3.05) is 18.1 Å². The first-order valence-electron chi connectivity index (χ1n) is 4.43. The largest absolute Gasteiger partial charge is 0.308 e. The van der Waals surface area contributed by atoms with Crippen molar-refractivity contribution in [3.63, 3.8) is 0 Å². The molecular weight excluding hydrogens is 202 g/mol. The van der Waals surface area contributed by atoms with Gasteiger partial charge in [-0.05, 0) is 11.6 Å². The number of nitrogens with one attached hydrogen (secondary N) is 1. The molecule has 1 N–H and O–H groups in total. The molecule has 1 unspecified atom stereocenters. The Morgan fingerprint density at radius 1 is 1.38 bits per heavy atom. The number of benzene rings is 1. The van der Waals surface area contributed by atoms with Gasteiger partial charge in [-0.1, -0.05) is 29.8 Å². The van der Waals surface area contributed by atoms with Crippen LogP contribution in [0.3, 0.4) is 0 Å². The molecule has 1 saturated heterocycles. The molecule has 1 aromatic rings. The highest BCUT2D eigenvalue weighted by molar-refractivity contribution is 7.99. The Hall–Kier alpha value is -0.180. The molecule has 1 nitrogen and oxygen atoms in total. The van der Waals surface area contributed by atoms with Crippen LogP contribution in [0.15, 0.2) is 24.3 Å². The first-order valence-corrected chi connectivity index (χ1v) is 5.97. The lowest BCUT2D eigenvalue weighted by Gasteiger charge is -2.24. The molecule has 0 spiro atoms. The van der Waals surface area contributed by atoms with Crippen LogP contribution in [0.4, 0.5) is 0 Å². The summed E-state index contributed by atoms with van der Waals surface area (Å²) in [6.45, 7) is 1.08. The molecule has 0 bridgehead atoms. The summed E-state index contributed by atoms with van der Waals surface area (Å²) in [6.07, 6.45) is 0. The Bertz CT molecular complexity index is 284. The van der Waals surface area contributed by atoms with Crippen molar-refractivity contribution in [1.29, 1.82) is 0 Å². The minimum atomic E-state index is 0.437. The van der Waals surface area contributed by atoms with E-state index in [0.29, 0.717) is 6.04 Å². The normalized spacial score (nSPS) is 23.0. The minimum absolute atomic E-state index is 0.437. The number of hydrogen-bond acceptors (Lipinski definition) is 2. The molecule has 1 fully saturated rings. The second-order valence-electron chi connectivity index (χ2n) is 3.10. The maximum atomic E-state index is 6.11. The van der Waals surface area contributed by atoms with Gasteiger partial charge in [0.25, 0.3) is 0 Å².